The van der Waals surface area contributed by atoms with Crippen molar-refractivity contribution in [3.63, 3.8) is 0 Å². The van der Waals surface area contributed by atoms with Crippen LogP contribution in [0.1, 0.15) is 25.3 Å². The van der Waals surface area contributed by atoms with E-state index in [0.717, 1.165) is 37.3 Å². The number of aromatic nitrogens is 2. The Balaban J connectivity index is 1.52. The van der Waals surface area contributed by atoms with Crippen LogP contribution in [-0.4, -0.2) is 39.7 Å². The molecule has 0 spiro atoms. The van der Waals surface area contributed by atoms with Gasteiger partial charge in [0.25, 0.3) is 0 Å². The zero-order valence-electron chi connectivity index (χ0n) is 13.2. The number of carbonyl (C=O) groups is 1. The van der Waals surface area contributed by atoms with Crippen LogP contribution in [0.3, 0.4) is 0 Å². The molecule has 23 heavy (non-hydrogen) atoms. The molecule has 1 aliphatic heterocycles. The molecule has 2 heterocycles. The van der Waals surface area contributed by atoms with E-state index in [1.807, 2.05) is 46.2 Å². The second-order valence-electron chi connectivity index (χ2n) is 5.99. The van der Waals surface area contributed by atoms with Crippen LogP contribution in [0.25, 0.3) is 5.69 Å². The average Bonchev–Trinajstić information content (AvgIpc) is 3.16. The van der Waals surface area contributed by atoms with Gasteiger partial charge in [0.15, 0.2) is 0 Å². The normalized spacial score (nSPS) is 16.1. The van der Waals surface area contributed by atoms with E-state index in [-0.39, 0.29) is 11.9 Å². The molecule has 0 aliphatic carbocycles. The molecule has 0 saturated carbocycles. The van der Waals surface area contributed by atoms with Gasteiger partial charge >= 0.3 is 0 Å². The lowest BCUT2D eigenvalue weighted by atomic mass is 10.2. The molecule has 122 valence electrons. The van der Waals surface area contributed by atoms with E-state index in [1.54, 1.807) is 0 Å². The molecule has 2 aromatic rings. The van der Waals surface area contributed by atoms with Crippen molar-refractivity contribution in [1.82, 2.24) is 20.0 Å². The fourth-order valence-electron chi connectivity index (χ4n) is 2.77. The van der Waals surface area contributed by atoms with E-state index in [4.69, 9.17) is 11.6 Å². The lowest BCUT2D eigenvalue weighted by molar-refractivity contribution is -0.127. The van der Waals surface area contributed by atoms with E-state index in [2.05, 4.69) is 17.3 Å². The first-order valence-corrected chi connectivity index (χ1v) is 8.30. The van der Waals surface area contributed by atoms with Crippen molar-refractivity contribution >= 4 is 17.5 Å². The number of amides is 1. The Hall–Kier alpha value is -1.85. The lowest BCUT2D eigenvalue weighted by Crippen LogP contribution is -2.39. The van der Waals surface area contributed by atoms with Gasteiger partial charge in [-0.05, 0) is 37.6 Å². The molecule has 1 amide bonds. The number of halogens is 1. The zero-order valence-corrected chi connectivity index (χ0v) is 14.0. The largest absolute Gasteiger partial charge is 0.341 e. The van der Waals surface area contributed by atoms with Crippen molar-refractivity contribution in [1.29, 1.82) is 0 Å². The number of rotatable bonds is 6. The Morgan fingerprint density at radius 1 is 1.35 bits per heavy atom. The fourth-order valence-corrected chi connectivity index (χ4v) is 2.90. The van der Waals surface area contributed by atoms with Crippen molar-refractivity contribution in [2.24, 2.45) is 0 Å². The van der Waals surface area contributed by atoms with E-state index in [1.165, 1.54) is 0 Å². The summed E-state index contributed by atoms with van der Waals surface area (Å²) in [7, 11) is 0. The number of carbonyl (C=O) groups excluding carboxylic acids is 1. The summed E-state index contributed by atoms with van der Waals surface area (Å²) in [6.45, 7) is 4.50. The standard InChI is InChI=1S/C17H21ClN4O/c1-13(11-21-8-2-3-17(21)23)19-9-14-10-20-22(12-14)16-6-4-15(18)5-7-16/h4-7,10,12-13,19H,2-3,8-9,11H2,1H3. The van der Waals surface area contributed by atoms with Gasteiger partial charge in [0.05, 0.1) is 11.9 Å². The van der Waals surface area contributed by atoms with E-state index in [9.17, 15) is 4.79 Å². The number of hydrogen-bond acceptors (Lipinski definition) is 3. The molecule has 6 heteroatoms. The molecule has 3 rings (SSSR count). The third kappa shape index (κ3) is 4.12. The number of likely N-dealkylation sites (tertiary alicyclic amines) is 1. The van der Waals surface area contributed by atoms with Gasteiger partial charge < -0.3 is 10.2 Å². The molecule has 0 radical (unpaired) electrons. The van der Waals surface area contributed by atoms with Crippen LogP contribution in [0.2, 0.25) is 5.02 Å². The maximum absolute atomic E-state index is 11.6. The van der Waals surface area contributed by atoms with Gasteiger partial charge in [-0.1, -0.05) is 11.6 Å². The summed E-state index contributed by atoms with van der Waals surface area (Å²) in [5.74, 6) is 0.272. The van der Waals surface area contributed by atoms with Crippen LogP contribution in [0.5, 0.6) is 0 Å². The first kappa shape index (κ1) is 16.0. The molecule has 1 N–H and O–H groups in total. The zero-order chi connectivity index (χ0) is 16.2. The highest BCUT2D eigenvalue weighted by Crippen LogP contribution is 2.14. The Morgan fingerprint density at radius 2 is 2.13 bits per heavy atom. The first-order valence-electron chi connectivity index (χ1n) is 7.92. The van der Waals surface area contributed by atoms with Crippen LogP contribution in [0.4, 0.5) is 0 Å². The molecule has 1 aromatic carbocycles. The number of benzene rings is 1. The summed E-state index contributed by atoms with van der Waals surface area (Å²) in [6, 6.07) is 7.84. The molecular formula is C17H21ClN4O. The molecule has 1 unspecified atom stereocenters. The average molecular weight is 333 g/mol. The third-order valence-electron chi connectivity index (χ3n) is 4.05. The maximum atomic E-state index is 11.6. The van der Waals surface area contributed by atoms with Gasteiger partial charge in [0.2, 0.25) is 5.91 Å². The second-order valence-corrected chi connectivity index (χ2v) is 6.43. The molecule has 1 fully saturated rings. The van der Waals surface area contributed by atoms with Gasteiger partial charge in [-0.25, -0.2) is 4.68 Å². The summed E-state index contributed by atoms with van der Waals surface area (Å²) < 4.78 is 1.84. The molecule has 1 atom stereocenters. The Morgan fingerprint density at radius 3 is 2.83 bits per heavy atom. The van der Waals surface area contributed by atoms with E-state index in [0.29, 0.717) is 11.4 Å². The summed E-state index contributed by atoms with van der Waals surface area (Å²) in [5.41, 5.74) is 2.09. The van der Waals surface area contributed by atoms with Gasteiger partial charge in [-0.3, -0.25) is 4.79 Å². The van der Waals surface area contributed by atoms with Crippen molar-refractivity contribution in [3.8, 4) is 5.69 Å². The van der Waals surface area contributed by atoms with Gasteiger partial charge in [0, 0.05) is 48.9 Å². The van der Waals surface area contributed by atoms with Crippen molar-refractivity contribution < 1.29 is 4.79 Å². The number of nitrogens with zero attached hydrogens (tertiary/aromatic N) is 3. The highest BCUT2D eigenvalue weighted by molar-refractivity contribution is 6.30. The van der Waals surface area contributed by atoms with Crippen LogP contribution < -0.4 is 5.32 Å². The molecule has 1 aliphatic rings. The van der Waals surface area contributed by atoms with Crippen molar-refractivity contribution in [2.75, 3.05) is 13.1 Å². The highest BCUT2D eigenvalue weighted by atomic mass is 35.5. The molecule has 5 nitrogen and oxygen atoms in total. The maximum Gasteiger partial charge on any atom is 0.222 e. The van der Waals surface area contributed by atoms with Crippen molar-refractivity contribution in [2.45, 2.75) is 32.4 Å². The Kier molecular flexibility index (Phi) is 4.98. The summed E-state index contributed by atoms with van der Waals surface area (Å²) in [6.07, 6.45) is 5.54. The summed E-state index contributed by atoms with van der Waals surface area (Å²) in [4.78, 5) is 13.6. The topological polar surface area (TPSA) is 50.2 Å². The predicted molar refractivity (Wildman–Crippen MR) is 90.7 cm³/mol. The molecule has 1 saturated heterocycles. The highest BCUT2D eigenvalue weighted by Gasteiger charge is 2.21. The SMILES string of the molecule is CC(CN1CCCC1=O)NCc1cnn(-c2ccc(Cl)cc2)c1. The quantitative estimate of drug-likeness (QED) is 0.884. The minimum atomic E-state index is 0.260. The van der Waals surface area contributed by atoms with Gasteiger partial charge in [-0.2, -0.15) is 5.10 Å². The lowest BCUT2D eigenvalue weighted by Gasteiger charge is -2.21. The van der Waals surface area contributed by atoms with Crippen molar-refractivity contribution in [3.05, 3.63) is 47.2 Å². The molecule has 1 aromatic heterocycles. The minimum absolute atomic E-state index is 0.260. The first-order chi connectivity index (χ1) is 11.1. The molecular weight excluding hydrogens is 312 g/mol. The Bertz CT molecular complexity index is 667. The van der Waals surface area contributed by atoms with Gasteiger partial charge in [0.1, 0.15) is 0 Å². The van der Waals surface area contributed by atoms with Crippen LogP contribution in [0.15, 0.2) is 36.7 Å². The monoisotopic (exact) mass is 332 g/mol. The second kappa shape index (κ2) is 7.15. The fraction of sp³-hybridized carbons (Fsp3) is 0.412. The summed E-state index contributed by atoms with van der Waals surface area (Å²) in [5, 5.41) is 8.55. The number of nitrogens with one attached hydrogen (secondary N) is 1. The Labute approximate surface area is 141 Å². The smallest absolute Gasteiger partial charge is 0.222 e. The predicted octanol–water partition coefficient (Wildman–Crippen LogP) is 2.63. The summed E-state index contributed by atoms with van der Waals surface area (Å²) >= 11 is 5.90. The minimum Gasteiger partial charge on any atom is -0.341 e. The van der Waals surface area contributed by atoms with Gasteiger partial charge in [-0.15, -0.1) is 0 Å². The molecule has 0 bridgehead atoms. The third-order valence-corrected chi connectivity index (χ3v) is 4.30. The number of hydrogen-bond donors (Lipinski definition) is 1. The van der Waals surface area contributed by atoms with Crippen LogP contribution in [-0.2, 0) is 11.3 Å². The van der Waals surface area contributed by atoms with Crippen LogP contribution >= 0.6 is 11.6 Å². The van der Waals surface area contributed by atoms with Crippen LogP contribution in [0, 0.1) is 0 Å². The van der Waals surface area contributed by atoms with E-state index < -0.39 is 0 Å². The van der Waals surface area contributed by atoms with E-state index >= 15 is 0 Å².